The van der Waals surface area contributed by atoms with Crippen molar-refractivity contribution in [3.05, 3.63) is 64.7 Å². The summed E-state index contributed by atoms with van der Waals surface area (Å²) in [6.45, 7) is 1.67. The number of ether oxygens (including phenoxy) is 1. The van der Waals surface area contributed by atoms with Gasteiger partial charge in [-0.3, -0.25) is 25.8 Å². The van der Waals surface area contributed by atoms with Gasteiger partial charge in [-0.2, -0.15) is 0 Å². The van der Waals surface area contributed by atoms with Crippen molar-refractivity contribution in [2.45, 2.75) is 6.92 Å². The molecule has 2 amide bonds. The van der Waals surface area contributed by atoms with E-state index in [1.807, 2.05) is 19.1 Å². The summed E-state index contributed by atoms with van der Waals surface area (Å²) in [7, 11) is 0. The molecule has 0 radical (unpaired) electrons. The Morgan fingerprint density at radius 1 is 1.08 bits per heavy atom. The first-order valence-corrected chi connectivity index (χ1v) is 8.08. The van der Waals surface area contributed by atoms with Gasteiger partial charge in [0.1, 0.15) is 5.75 Å². The van der Waals surface area contributed by atoms with Gasteiger partial charge >= 0.3 is 0 Å². The SMILES string of the molecule is Cc1ccc(C(=O)NC(=S)NNC(=O)COc2ccccc2Cl)cc1. The molecule has 2 aromatic rings. The third-order valence-corrected chi connectivity index (χ3v) is 3.57. The van der Waals surface area contributed by atoms with E-state index in [2.05, 4.69) is 16.2 Å². The van der Waals surface area contributed by atoms with Gasteiger partial charge in [-0.25, -0.2) is 0 Å². The highest BCUT2D eigenvalue weighted by Crippen LogP contribution is 2.22. The highest BCUT2D eigenvalue weighted by Gasteiger charge is 2.09. The van der Waals surface area contributed by atoms with Crippen molar-refractivity contribution < 1.29 is 14.3 Å². The van der Waals surface area contributed by atoms with Crippen LogP contribution in [0.25, 0.3) is 0 Å². The highest BCUT2D eigenvalue weighted by atomic mass is 35.5. The maximum absolute atomic E-state index is 12.0. The number of halogens is 1. The van der Waals surface area contributed by atoms with E-state index in [-0.39, 0.29) is 17.6 Å². The van der Waals surface area contributed by atoms with Gasteiger partial charge in [0, 0.05) is 5.56 Å². The van der Waals surface area contributed by atoms with Gasteiger partial charge in [-0.15, -0.1) is 0 Å². The van der Waals surface area contributed by atoms with Crippen LogP contribution in [0, 0.1) is 6.92 Å². The van der Waals surface area contributed by atoms with Gasteiger partial charge in [0.15, 0.2) is 11.7 Å². The van der Waals surface area contributed by atoms with Gasteiger partial charge in [0.05, 0.1) is 5.02 Å². The number of benzene rings is 2. The summed E-state index contributed by atoms with van der Waals surface area (Å²) in [6, 6.07) is 13.8. The Bertz CT molecular complexity index is 781. The molecule has 0 aliphatic rings. The maximum Gasteiger partial charge on any atom is 0.276 e. The lowest BCUT2D eigenvalue weighted by atomic mass is 10.1. The Morgan fingerprint density at radius 3 is 2.44 bits per heavy atom. The molecule has 0 fully saturated rings. The molecule has 8 heteroatoms. The summed E-state index contributed by atoms with van der Waals surface area (Å²) in [5, 5.41) is 2.83. The molecule has 0 bridgehead atoms. The Labute approximate surface area is 155 Å². The molecule has 0 heterocycles. The zero-order valence-electron chi connectivity index (χ0n) is 13.3. The van der Waals surface area contributed by atoms with E-state index in [9.17, 15) is 9.59 Å². The summed E-state index contributed by atoms with van der Waals surface area (Å²) in [5.41, 5.74) is 6.26. The molecule has 6 nitrogen and oxygen atoms in total. The first-order valence-electron chi connectivity index (χ1n) is 7.30. The Kier molecular flexibility index (Phi) is 6.73. The van der Waals surface area contributed by atoms with E-state index in [4.69, 9.17) is 28.6 Å². The number of thiocarbonyl (C=S) groups is 1. The second kappa shape index (κ2) is 9.00. The molecule has 0 aromatic heterocycles. The molecule has 0 aliphatic carbocycles. The van der Waals surface area contributed by atoms with Crippen molar-refractivity contribution in [2.75, 3.05) is 6.61 Å². The number of carbonyl (C=O) groups excluding carboxylic acids is 2. The predicted octanol–water partition coefficient (Wildman–Crippen LogP) is 2.36. The third kappa shape index (κ3) is 6.06. The fourth-order valence-corrected chi connectivity index (χ4v) is 2.11. The molecular weight excluding hydrogens is 362 g/mol. The number of carbonyl (C=O) groups is 2. The number of hydrazine groups is 1. The molecule has 0 aliphatic heterocycles. The Balaban J connectivity index is 1.74. The van der Waals surface area contributed by atoms with E-state index in [0.717, 1.165) is 5.56 Å². The minimum atomic E-state index is -0.480. The van der Waals surface area contributed by atoms with Crippen LogP contribution in [-0.2, 0) is 4.79 Å². The molecular formula is C17H16ClN3O3S. The van der Waals surface area contributed by atoms with E-state index < -0.39 is 5.91 Å². The fraction of sp³-hybridized carbons (Fsp3) is 0.118. The number of hydrogen-bond acceptors (Lipinski definition) is 4. The molecule has 2 aromatic carbocycles. The van der Waals surface area contributed by atoms with Crippen molar-refractivity contribution in [2.24, 2.45) is 0 Å². The Hall–Kier alpha value is -2.64. The number of aryl methyl sites for hydroxylation is 1. The zero-order valence-corrected chi connectivity index (χ0v) is 14.9. The summed E-state index contributed by atoms with van der Waals surface area (Å²) in [6.07, 6.45) is 0. The first kappa shape index (κ1) is 18.7. The molecule has 0 saturated carbocycles. The van der Waals surface area contributed by atoms with Crippen LogP contribution in [0.5, 0.6) is 5.75 Å². The lowest BCUT2D eigenvalue weighted by Gasteiger charge is -2.12. The van der Waals surface area contributed by atoms with Crippen molar-refractivity contribution in [1.29, 1.82) is 0 Å². The normalized spacial score (nSPS) is 9.84. The molecule has 0 spiro atoms. The van der Waals surface area contributed by atoms with E-state index in [1.165, 1.54) is 0 Å². The van der Waals surface area contributed by atoms with Crippen LogP contribution >= 0.6 is 23.8 Å². The van der Waals surface area contributed by atoms with Gasteiger partial charge in [0.2, 0.25) is 0 Å². The van der Waals surface area contributed by atoms with Crippen LogP contribution in [0.15, 0.2) is 48.5 Å². The highest BCUT2D eigenvalue weighted by molar-refractivity contribution is 7.80. The summed E-state index contributed by atoms with van der Waals surface area (Å²) >= 11 is 10.9. The Morgan fingerprint density at radius 2 is 1.76 bits per heavy atom. The average Bonchev–Trinajstić information content (AvgIpc) is 2.59. The standard InChI is InChI=1S/C17H16ClN3O3S/c1-11-6-8-12(9-7-11)16(23)19-17(25)21-20-15(22)10-24-14-5-3-2-4-13(14)18/h2-9H,10H2,1H3,(H,20,22)(H2,19,21,23,25). The molecule has 2 rings (SSSR count). The molecule has 130 valence electrons. The number of rotatable bonds is 4. The summed E-state index contributed by atoms with van der Waals surface area (Å²) in [5.74, 6) is -0.458. The lowest BCUT2D eigenvalue weighted by Crippen LogP contribution is -2.49. The van der Waals surface area contributed by atoms with Crippen LogP contribution < -0.4 is 20.9 Å². The quantitative estimate of drug-likeness (QED) is 0.563. The number of nitrogens with one attached hydrogen (secondary N) is 3. The third-order valence-electron chi connectivity index (χ3n) is 3.05. The van der Waals surface area contributed by atoms with E-state index in [0.29, 0.717) is 16.3 Å². The number of hydrogen-bond donors (Lipinski definition) is 3. The average molecular weight is 378 g/mol. The van der Waals surface area contributed by atoms with E-state index in [1.54, 1.807) is 36.4 Å². The lowest BCUT2D eigenvalue weighted by molar-refractivity contribution is -0.123. The molecule has 3 N–H and O–H groups in total. The van der Waals surface area contributed by atoms with Crippen molar-refractivity contribution in [1.82, 2.24) is 16.2 Å². The second-order valence-corrected chi connectivity index (χ2v) is 5.86. The smallest absolute Gasteiger partial charge is 0.276 e. The van der Waals surface area contributed by atoms with Crippen LogP contribution in [0.3, 0.4) is 0 Å². The monoisotopic (exact) mass is 377 g/mol. The van der Waals surface area contributed by atoms with Gasteiger partial charge < -0.3 is 4.74 Å². The largest absolute Gasteiger partial charge is 0.482 e. The van der Waals surface area contributed by atoms with E-state index >= 15 is 0 Å². The predicted molar refractivity (Wildman–Crippen MR) is 99.5 cm³/mol. The molecule has 0 unspecified atom stereocenters. The van der Waals surface area contributed by atoms with Gasteiger partial charge in [0.25, 0.3) is 11.8 Å². The summed E-state index contributed by atoms with van der Waals surface area (Å²) in [4.78, 5) is 23.7. The van der Waals surface area contributed by atoms with Crippen molar-refractivity contribution in [3.8, 4) is 5.75 Å². The van der Waals surface area contributed by atoms with Crippen LogP contribution in [0.1, 0.15) is 15.9 Å². The number of amides is 2. The fourth-order valence-electron chi connectivity index (χ4n) is 1.78. The molecule has 0 saturated heterocycles. The minimum Gasteiger partial charge on any atom is -0.482 e. The zero-order chi connectivity index (χ0) is 18.2. The number of para-hydroxylation sites is 1. The van der Waals surface area contributed by atoms with Crippen LogP contribution in [-0.4, -0.2) is 23.5 Å². The molecule has 25 heavy (non-hydrogen) atoms. The molecule has 0 atom stereocenters. The van der Waals surface area contributed by atoms with Crippen LogP contribution in [0.2, 0.25) is 5.02 Å². The van der Waals surface area contributed by atoms with Crippen molar-refractivity contribution in [3.63, 3.8) is 0 Å². The second-order valence-electron chi connectivity index (χ2n) is 5.04. The van der Waals surface area contributed by atoms with Gasteiger partial charge in [-0.1, -0.05) is 41.4 Å². The summed E-state index contributed by atoms with van der Waals surface area (Å²) < 4.78 is 5.28. The maximum atomic E-state index is 12.0. The van der Waals surface area contributed by atoms with Gasteiger partial charge in [-0.05, 0) is 43.4 Å². The minimum absolute atomic E-state index is 0.0309. The van der Waals surface area contributed by atoms with Crippen molar-refractivity contribution >= 4 is 40.7 Å². The topological polar surface area (TPSA) is 79.5 Å². The van der Waals surface area contributed by atoms with Crippen LogP contribution in [0.4, 0.5) is 0 Å². The first-order chi connectivity index (χ1) is 12.0.